The molecule has 3 heterocycles. The number of pyridine rings is 1. The SMILES string of the molecule is Cc1ccc(C(=O)NC2CC2)cc1-c1cc(N2CCC(N)CC2)nc2c1C=NC(=O)C2c1c(F)cccc1F. The zero-order valence-electron chi connectivity index (χ0n) is 21.6. The second kappa shape index (κ2) is 9.96. The van der Waals surface area contributed by atoms with Crippen LogP contribution in [0.3, 0.4) is 0 Å². The van der Waals surface area contributed by atoms with Crippen LogP contribution < -0.4 is 16.0 Å². The molecule has 2 aromatic carbocycles. The first-order valence-electron chi connectivity index (χ1n) is 13.3. The molecule has 1 aliphatic carbocycles. The Morgan fingerprint density at radius 1 is 1.03 bits per heavy atom. The fourth-order valence-electron chi connectivity index (χ4n) is 5.35. The number of aromatic nitrogens is 1. The van der Waals surface area contributed by atoms with Crippen molar-refractivity contribution in [2.75, 3.05) is 18.0 Å². The van der Waals surface area contributed by atoms with Gasteiger partial charge < -0.3 is 16.0 Å². The van der Waals surface area contributed by atoms with Crippen molar-refractivity contribution in [3.8, 4) is 11.1 Å². The highest BCUT2D eigenvalue weighted by Gasteiger charge is 2.36. The van der Waals surface area contributed by atoms with Gasteiger partial charge >= 0.3 is 0 Å². The maximum Gasteiger partial charge on any atom is 0.259 e. The van der Waals surface area contributed by atoms with E-state index in [2.05, 4.69) is 15.2 Å². The van der Waals surface area contributed by atoms with Crippen molar-refractivity contribution >= 4 is 23.8 Å². The van der Waals surface area contributed by atoms with Crippen molar-refractivity contribution in [1.29, 1.82) is 0 Å². The molecule has 0 bridgehead atoms. The number of aliphatic imine (C=N–C) groups is 1. The second-order valence-electron chi connectivity index (χ2n) is 10.6. The number of nitrogens with one attached hydrogen (secondary N) is 1. The van der Waals surface area contributed by atoms with Gasteiger partial charge in [-0.15, -0.1) is 0 Å². The summed E-state index contributed by atoms with van der Waals surface area (Å²) in [7, 11) is 0. The summed E-state index contributed by atoms with van der Waals surface area (Å²) in [6.07, 6.45) is 4.92. The first-order valence-corrected chi connectivity index (χ1v) is 13.3. The number of aryl methyl sites for hydroxylation is 1. The van der Waals surface area contributed by atoms with Gasteiger partial charge in [0.05, 0.1) is 5.69 Å². The van der Waals surface area contributed by atoms with Gasteiger partial charge in [0.15, 0.2) is 0 Å². The summed E-state index contributed by atoms with van der Waals surface area (Å²) in [5, 5.41) is 3.02. The van der Waals surface area contributed by atoms with E-state index < -0.39 is 23.5 Å². The number of nitrogens with two attached hydrogens (primary N) is 1. The molecule has 39 heavy (non-hydrogen) atoms. The molecule has 1 saturated carbocycles. The van der Waals surface area contributed by atoms with Crippen molar-refractivity contribution in [3.63, 3.8) is 0 Å². The largest absolute Gasteiger partial charge is 0.356 e. The Kier molecular flexibility index (Phi) is 6.46. The Balaban J connectivity index is 1.54. The highest BCUT2D eigenvalue weighted by Crippen LogP contribution is 2.40. The number of piperidine rings is 1. The van der Waals surface area contributed by atoms with Crippen LogP contribution in [0.15, 0.2) is 47.5 Å². The minimum atomic E-state index is -1.33. The molecule has 2 fully saturated rings. The van der Waals surface area contributed by atoms with Gasteiger partial charge in [0.2, 0.25) is 0 Å². The highest BCUT2D eigenvalue weighted by molar-refractivity contribution is 6.06. The molecule has 1 saturated heterocycles. The number of amides is 2. The molecule has 3 aliphatic rings. The fourth-order valence-corrected chi connectivity index (χ4v) is 5.35. The Morgan fingerprint density at radius 2 is 1.74 bits per heavy atom. The molecular formula is C30H29F2N5O2. The predicted molar refractivity (Wildman–Crippen MR) is 145 cm³/mol. The van der Waals surface area contributed by atoms with Crippen LogP contribution in [0, 0.1) is 18.6 Å². The third-order valence-corrected chi connectivity index (χ3v) is 7.77. The maximum absolute atomic E-state index is 15.0. The van der Waals surface area contributed by atoms with Crippen molar-refractivity contribution in [1.82, 2.24) is 10.3 Å². The summed E-state index contributed by atoms with van der Waals surface area (Å²) in [5.74, 6) is -3.24. The van der Waals surface area contributed by atoms with Crippen LogP contribution in [0.25, 0.3) is 11.1 Å². The first kappa shape index (κ1) is 25.3. The Morgan fingerprint density at radius 3 is 2.44 bits per heavy atom. The Hall–Kier alpha value is -3.98. The van der Waals surface area contributed by atoms with Crippen LogP contribution in [0.4, 0.5) is 14.6 Å². The standard InChI is InChI=1S/C30H29F2N5O2/c1-16-5-6-17(29(38)35-19-7-8-19)13-20(16)21-14-25(37-11-9-18(33)10-12-37)36-28-22(21)15-34-30(39)27(28)26-23(31)3-2-4-24(26)32/h2-6,13-15,18-19,27H,7-12,33H2,1H3,(H,35,38). The molecule has 2 aliphatic heterocycles. The summed E-state index contributed by atoms with van der Waals surface area (Å²) >= 11 is 0. The quantitative estimate of drug-likeness (QED) is 0.515. The number of benzene rings is 2. The summed E-state index contributed by atoms with van der Waals surface area (Å²) in [6, 6.07) is 11.2. The van der Waals surface area contributed by atoms with Crippen LogP contribution in [-0.2, 0) is 4.79 Å². The average molecular weight is 530 g/mol. The van der Waals surface area contributed by atoms with Crippen molar-refractivity contribution < 1.29 is 18.4 Å². The van der Waals surface area contributed by atoms with Gasteiger partial charge in [-0.25, -0.2) is 18.8 Å². The van der Waals surface area contributed by atoms with E-state index in [1.807, 2.05) is 25.1 Å². The number of carbonyl (C=O) groups is 2. The molecule has 0 spiro atoms. The molecular weight excluding hydrogens is 500 g/mol. The number of halogens is 2. The van der Waals surface area contributed by atoms with Gasteiger partial charge in [0, 0.05) is 48.1 Å². The molecule has 2 amide bonds. The van der Waals surface area contributed by atoms with Crippen molar-refractivity contribution in [2.45, 2.75) is 50.6 Å². The van der Waals surface area contributed by atoms with E-state index in [1.54, 1.807) is 6.07 Å². The molecule has 6 rings (SSSR count). The van der Waals surface area contributed by atoms with E-state index in [0.717, 1.165) is 48.9 Å². The fraction of sp³-hybridized carbons (Fsp3) is 0.333. The van der Waals surface area contributed by atoms with Crippen LogP contribution in [-0.4, -0.2) is 48.2 Å². The number of hydrogen-bond acceptors (Lipinski definition) is 5. The number of fused-ring (bicyclic) bond motifs is 1. The van der Waals surface area contributed by atoms with Crippen LogP contribution >= 0.6 is 0 Å². The molecule has 3 aromatic rings. The lowest BCUT2D eigenvalue weighted by atomic mass is 9.85. The van der Waals surface area contributed by atoms with E-state index in [9.17, 15) is 18.4 Å². The monoisotopic (exact) mass is 529 g/mol. The maximum atomic E-state index is 15.0. The number of carbonyl (C=O) groups excluding carboxylic acids is 2. The van der Waals surface area contributed by atoms with Crippen LogP contribution in [0.2, 0.25) is 0 Å². The number of rotatable bonds is 5. The van der Waals surface area contributed by atoms with Gasteiger partial charge in [-0.3, -0.25) is 9.59 Å². The molecule has 7 nitrogen and oxygen atoms in total. The predicted octanol–water partition coefficient (Wildman–Crippen LogP) is 4.25. The van der Waals surface area contributed by atoms with E-state index in [1.165, 1.54) is 12.3 Å². The summed E-state index contributed by atoms with van der Waals surface area (Å²) in [4.78, 5) is 36.9. The lowest BCUT2D eigenvalue weighted by molar-refractivity contribution is -0.118. The average Bonchev–Trinajstić information content (AvgIpc) is 3.74. The zero-order chi connectivity index (χ0) is 27.3. The van der Waals surface area contributed by atoms with Gasteiger partial charge in [0.1, 0.15) is 23.4 Å². The number of nitrogens with zero attached hydrogens (tertiary/aromatic N) is 3. The zero-order valence-corrected chi connectivity index (χ0v) is 21.6. The van der Waals surface area contributed by atoms with Gasteiger partial charge in [-0.1, -0.05) is 12.1 Å². The van der Waals surface area contributed by atoms with E-state index in [-0.39, 0.29) is 29.2 Å². The highest BCUT2D eigenvalue weighted by atomic mass is 19.1. The second-order valence-corrected chi connectivity index (χ2v) is 10.6. The molecule has 1 aromatic heterocycles. The van der Waals surface area contributed by atoms with Gasteiger partial charge in [0.25, 0.3) is 11.8 Å². The first-order chi connectivity index (χ1) is 18.8. The molecule has 9 heteroatoms. The molecule has 3 N–H and O–H groups in total. The molecule has 1 atom stereocenters. The van der Waals surface area contributed by atoms with Gasteiger partial charge in [-0.2, -0.15) is 0 Å². The number of hydrogen-bond donors (Lipinski definition) is 2. The van der Waals surface area contributed by atoms with Crippen molar-refractivity contribution in [3.05, 3.63) is 82.0 Å². The van der Waals surface area contributed by atoms with Gasteiger partial charge in [-0.05, 0) is 79.6 Å². The van der Waals surface area contributed by atoms with Crippen molar-refractivity contribution in [2.24, 2.45) is 10.7 Å². The molecule has 1 unspecified atom stereocenters. The summed E-state index contributed by atoms with van der Waals surface area (Å²) < 4.78 is 30.0. The topological polar surface area (TPSA) is 101 Å². The third-order valence-electron chi connectivity index (χ3n) is 7.77. The van der Waals surface area contributed by atoms with Crippen LogP contribution in [0.5, 0.6) is 0 Å². The normalized spacial score (nSPS) is 19.2. The van der Waals surface area contributed by atoms with E-state index >= 15 is 0 Å². The third kappa shape index (κ3) is 4.83. The lowest BCUT2D eigenvalue weighted by Gasteiger charge is -2.33. The number of anilines is 1. The Bertz CT molecular complexity index is 1490. The Labute approximate surface area is 225 Å². The minimum Gasteiger partial charge on any atom is -0.356 e. The smallest absolute Gasteiger partial charge is 0.259 e. The van der Waals surface area contributed by atoms with Crippen LogP contribution in [0.1, 0.15) is 64.3 Å². The minimum absolute atomic E-state index is 0.0937. The summed E-state index contributed by atoms with van der Waals surface area (Å²) in [5.41, 5.74) is 9.38. The summed E-state index contributed by atoms with van der Waals surface area (Å²) in [6.45, 7) is 3.26. The van der Waals surface area contributed by atoms with E-state index in [4.69, 9.17) is 10.7 Å². The molecule has 0 radical (unpaired) electrons. The lowest BCUT2D eigenvalue weighted by Crippen LogP contribution is -2.40. The van der Waals surface area contributed by atoms with E-state index in [0.29, 0.717) is 35.6 Å². The molecule has 200 valence electrons.